The van der Waals surface area contributed by atoms with E-state index >= 15 is 0 Å². The number of nitrogens with zero attached hydrogens (tertiary/aromatic N) is 1. The van der Waals surface area contributed by atoms with Gasteiger partial charge in [0.2, 0.25) is 0 Å². The number of aryl methyl sites for hydroxylation is 1. The number of aliphatic hydroxyl groups is 1. The van der Waals surface area contributed by atoms with Crippen LogP contribution in [0.2, 0.25) is 0 Å². The molecule has 21 heavy (non-hydrogen) atoms. The molecule has 0 bridgehead atoms. The zero-order valence-corrected chi connectivity index (χ0v) is 12.4. The first-order chi connectivity index (χ1) is 9.99. The summed E-state index contributed by atoms with van der Waals surface area (Å²) >= 11 is 0. The minimum atomic E-state index is -1.01. The van der Waals surface area contributed by atoms with Crippen molar-refractivity contribution < 1.29 is 19.8 Å². The fourth-order valence-electron chi connectivity index (χ4n) is 2.04. The number of carboxylic acids is 1. The molecule has 0 unspecified atom stereocenters. The number of carboxylic acid groups (broad SMARTS) is 1. The van der Waals surface area contributed by atoms with E-state index in [1.807, 2.05) is 13.8 Å². The molecule has 0 atom stereocenters. The first-order valence-corrected chi connectivity index (χ1v) is 6.91. The smallest absolute Gasteiger partial charge is 0.328 e. The first kappa shape index (κ1) is 16.9. The van der Waals surface area contributed by atoms with Crippen LogP contribution in [0.4, 0.5) is 0 Å². The minimum Gasteiger partial charge on any atom is -0.478 e. The zero-order valence-electron chi connectivity index (χ0n) is 12.4. The predicted octanol–water partition coefficient (Wildman–Crippen LogP) is 1.94. The van der Waals surface area contributed by atoms with Crippen LogP contribution in [0.5, 0.6) is 0 Å². The lowest BCUT2D eigenvalue weighted by molar-refractivity contribution is -0.131. The predicted molar refractivity (Wildman–Crippen MR) is 81.1 cm³/mol. The van der Waals surface area contributed by atoms with Crippen molar-refractivity contribution in [1.29, 1.82) is 0 Å². The van der Waals surface area contributed by atoms with Crippen LogP contribution in [0.3, 0.4) is 0 Å². The topological polar surface area (TPSA) is 77.8 Å². The Kier molecular flexibility index (Phi) is 6.62. The standard InChI is InChI=1S/C16H21NO4/c1-3-8-17(9-10-18)16(21)14-5-4-13(12(2)11-14)6-7-15(19)20/h4-7,11,18H,3,8-10H2,1-2H3,(H,19,20)/b7-6+. The molecule has 114 valence electrons. The van der Waals surface area contributed by atoms with Gasteiger partial charge in [-0.1, -0.05) is 13.0 Å². The Labute approximate surface area is 124 Å². The molecule has 0 saturated carbocycles. The molecule has 0 saturated heterocycles. The summed E-state index contributed by atoms with van der Waals surface area (Å²) in [6.07, 6.45) is 3.40. The van der Waals surface area contributed by atoms with E-state index < -0.39 is 5.97 Å². The molecular weight excluding hydrogens is 270 g/mol. The molecule has 5 nitrogen and oxygen atoms in total. The van der Waals surface area contributed by atoms with Gasteiger partial charge in [-0.2, -0.15) is 0 Å². The lowest BCUT2D eigenvalue weighted by Crippen LogP contribution is -2.34. The van der Waals surface area contributed by atoms with Crippen molar-refractivity contribution in [3.05, 3.63) is 41.0 Å². The first-order valence-electron chi connectivity index (χ1n) is 6.91. The molecule has 0 heterocycles. The molecule has 5 heteroatoms. The molecule has 0 radical (unpaired) electrons. The van der Waals surface area contributed by atoms with Gasteiger partial charge in [-0.05, 0) is 42.7 Å². The maximum atomic E-state index is 12.4. The third kappa shape index (κ3) is 5.04. The third-order valence-corrected chi connectivity index (χ3v) is 3.07. The summed E-state index contributed by atoms with van der Waals surface area (Å²) in [5, 5.41) is 17.6. The van der Waals surface area contributed by atoms with Gasteiger partial charge in [-0.3, -0.25) is 4.79 Å². The SMILES string of the molecule is CCCN(CCO)C(=O)c1ccc(/C=C/C(=O)O)c(C)c1. The quantitative estimate of drug-likeness (QED) is 0.753. The zero-order chi connectivity index (χ0) is 15.8. The number of carbonyl (C=O) groups excluding carboxylic acids is 1. The van der Waals surface area contributed by atoms with Gasteiger partial charge in [-0.25, -0.2) is 4.79 Å². The highest BCUT2D eigenvalue weighted by Crippen LogP contribution is 2.15. The van der Waals surface area contributed by atoms with Crippen molar-refractivity contribution in [3.8, 4) is 0 Å². The fraction of sp³-hybridized carbons (Fsp3) is 0.375. The minimum absolute atomic E-state index is 0.0653. The van der Waals surface area contributed by atoms with E-state index in [2.05, 4.69) is 0 Å². The maximum absolute atomic E-state index is 12.4. The van der Waals surface area contributed by atoms with Gasteiger partial charge >= 0.3 is 5.97 Å². The van der Waals surface area contributed by atoms with E-state index in [-0.39, 0.29) is 12.5 Å². The molecular formula is C16H21NO4. The molecule has 0 aliphatic rings. The highest BCUT2D eigenvalue weighted by molar-refractivity contribution is 5.95. The third-order valence-electron chi connectivity index (χ3n) is 3.07. The number of hydrogen-bond acceptors (Lipinski definition) is 3. The van der Waals surface area contributed by atoms with Crippen LogP contribution in [0.1, 0.15) is 34.8 Å². The highest BCUT2D eigenvalue weighted by atomic mass is 16.4. The molecule has 1 rings (SSSR count). The lowest BCUT2D eigenvalue weighted by atomic mass is 10.0. The Morgan fingerprint density at radius 1 is 1.29 bits per heavy atom. The van der Waals surface area contributed by atoms with Crippen molar-refractivity contribution in [2.24, 2.45) is 0 Å². The summed E-state index contributed by atoms with van der Waals surface area (Å²) in [6, 6.07) is 5.14. The molecule has 1 amide bonds. The summed E-state index contributed by atoms with van der Waals surface area (Å²) in [4.78, 5) is 24.5. The van der Waals surface area contributed by atoms with Crippen LogP contribution in [0.25, 0.3) is 6.08 Å². The van der Waals surface area contributed by atoms with Crippen molar-refractivity contribution in [1.82, 2.24) is 4.90 Å². The monoisotopic (exact) mass is 291 g/mol. The van der Waals surface area contributed by atoms with Crippen LogP contribution in [0.15, 0.2) is 24.3 Å². The van der Waals surface area contributed by atoms with Crippen molar-refractivity contribution in [3.63, 3.8) is 0 Å². The lowest BCUT2D eigenvalue weighted by Gasteiger charge is -2.21. The normalized spacial score (nSPS) is 10.8. The van der Waals surface area contributed by atoms with Gasteiger partial charge in [0.15, 0.2) is 0 Å². The number of aliphatic carboxylic acids is 1. The average molecular weight is 291 g/mol. The largest absolute Gasteiger partial charge is 0.478 e. The summed E-state index contributed by atoms with van der Waals surface area (Å²) < 4.78 is 0. The van der Waals surface area contributed by atoms with Crippen LogP contribution in [-0.2, 0) is 4.79 Å². The van der Waals surface area contributed by atoms with Crippen LogP contribution < -0.4 is 0 Å². The number of carbonyl (C=O) groups is 2. The van der Waals surface area contributed by atoms with Crippen LogP contribution >= 0.6 is 0 Å². The molecule has 0 aliphatic heterocycles. The number of aliphatic hydroxyl groups excluding tert-OH is 1. The fourth-order valence-corrected chi connectivity index (χ4v) is 2.04. The molecule has 0 aliphatic carbocycles. The second-order valence-corrected chi connectivity index (χ2v) is 4.76. The van der Waals surface area contributed by atoms with Gasteiger partial charge in [0.25, 0.3) is 5.91 Å². The van der Waals surface area contributed by atoms with E-state index in [9.17, 15) is 9.59 Å². The molecule has 1 aromatic carbocycles. The van der Waals surface area contributed by atoms with E-state index in [1.54, 1.807) is 23.1 Å². The van der Waals surface area contributed by atoms with E-state index in [4.69, 9.17) is 10.2 Å². The number of amides is 1. The molecule has 0 spiro atoms. The Morgan fingerprint density at radius 3 is 2.52 bits per heavy atom. The number of benzene rings is 1. The van der Waals surface area contributed by atoms with Crippen molar-refractivity contribution >= 4 is 18.0 Å². The van der Waals surface area contributed by atoms with Gasteiger partial charge in [-0.15, -0.1) is 0 Å². The Hall–Kier alpha value is -2.14. The summed E-state index contributed by atoms with van der Waals surface area (Å²) in [5.41, 5.74) is 2.14. The van der Waals surface area contributed by atoms with Crippen LogP contribution in [-0.4, -0.2) is 46.7 Å². The summed E-state index contributed by atoms with van der Waals surface area (Å²) in [7, 11) is 0. The number of hydrogen-bond donors (Lipinski definition) is 2. The van der Waals surface area contributed by atoms with Crippen molar-refractivity contribution in [2.45, 2.75) is 20.3 Å². The molecule has 2 N–H and O–H groups in total. The van der Waals surface area contributed by atoms with Gasteiger partial charge in [0.05, 0.1) is 6.61 Å². The Morgan fingerprint density at radius 2 is 2.00 bits per heavy atom. The average Bonchev–Trinajstić information content (AvgIpc) is 2.44. The summed E-state index contributed by atoms with van der Waals surface area (Å²) in [5.74, 6) is -1.13. The second kappa shape index (κ2) is 8.21. The molecule has 0 fully saturated rings. The van der Waals surface area contributed by atoms with E-state index in [0.29, 0.717) is 18.7 Å². The molecule has 1 aromatic rings. The van der Waals surface area contributed by atoms with E-state index in [0.717, 1.165) is 23.6 Å². The van der Waals surface area contributed by atoms with Gasteiger partial charge in [0.1, 0.15) is 0 Å². The van der Waals surface area contributed by atoms with Gasteiger partial charge < -0.3 is 15.1 Å². The number of rotatable bonds is 7. The molecule has 0 aromatic heterocycles. The van der Waals surface area contributed by atoms with E-state index in [1.165, 1.54) is 6.08 Å². The Balaban J connectivity index is 2.96. The summed E-state index contributed by atoms with van der Waals surface area (Å²) in [6.45, 7) is 4.65. The van der Waals surface area contributed by atoms with Crippen molar-refractivity contribution in [2.75, 3.05) is 19.7 Å². The highest BCUT2D eigenvalue weighted by Gasteiger charge is 2.15. The second-order valence-electron chi connectivity index (χ2n) is 4.76. The Bertz CT molecular complexity index is 531. The van der Waals surface area contributed by atoms with Crippen LogP contribution in [0, 0.1) is 6.92 Å². The van der Waals surface area contributed by atoms with Gasteiger partial charge in [0, 0.05) is 24.7 Å². The maximum Gasteiger partial charge on any atom is 0.328 e.